The second-order valence-electron chi connectivity index (χ2n) is 6.41. The van der Waals surface area contributed by atoms with Gasteiger partial charge in [-0.25, -0.2) is 9.98 Å². The summed E-state index contributed by atoms with van der Waals surface area (Å²) in [5.74, 6) is -6.82. The molecule has 0 aliphatic rings. The second-order valence-corrected chi connectivity index (χ2v) is 6.77. The molecule has 0 aliphatic carbocycles. The van der Waals surface area contributed by atoms with Gasteiger partial charge in [-0.05, 0) is 29.8 Å². The molecule has 2 aromatic rings. The van der Waals surface area contributed by atoms with E-state index in [0.29, 0.717) is 5.56 Å². The van der Waals surface area contributed by atoms with Gasteiger partial charge >= 0.3 is 11.8 Å². The number of nitrogens with zero attached hydrogens (tertiary/aromatic N) is 3. The van der Waals surface area contributed by atoms with Crippen LogP contribution in [0.5, 0.6) is 0 Å². The molecule has 0 aromatic heterocycles. The van der Waals surface area contributed by atoms with Crippen molar-refractivity contribution in [2.24, 2.45) is 9.98 Å². The average Bonchev–Trinajstić information content (AvgIpc) is 2.72. The molecule has 2 aromatic carbocycles. The molecule has 0 N–H and O–H groups in total. The number of para-hydroxylation sites is 1. The minimum absolute atomic E-state index is 0.144. The summed E-state index contributed by atoms with van der Waals surface area (Å²) in [7, 11) is 0. The van der Waals surface area contributed by atoms with Crippen molar-refractivity contribution in [3.05, 3.63) is 78.9 Å². The first-order valence-electron chi connectivity index (χ1n) is 9.10. The largest absolute Gasteiger partial charge is 0.303 e. The first kappa shape index (κ1) is 24.0. The van der Waals surface area contributed by atoms with Crippen LogP contribution in [-0.2, 0) is 0 Å². The van der Waals surface area contributed by atoms with Crippen molar-refractivity contribution in [3.8, 4) is 6.07 Å². The Balaban J connectivity index is 2.15. The van der Waals surface area contributed by atoms with Crippen molar-refractivity contribution in [2.75, 3.05) is 0 Å². The molecule has 0 radical (unpaired) electrons. The smallest absolute Gasteiger partial charge is 0.236 e. The molecule has 0 aliphatic heterocycles. The van der Waals surface area contributed by atoms with Gasteiger partial charge in [0, 0.05) is 12.8 Å². The van der Waals surface area contributed by atoms with Crippen molar-refractivity contribution in [1.29, 1.82) is 5.26 Å². The van der Waals surface area contributed by atoms with Crippen molar-refractivity contribution in [2.45, 2.75) is 24.7 Å². The first-order valence-corrected chi connectivity index (χ1v) is 9.48. The van der Waals surface area contributed by atoms with Gasteiger partial charge in [-0.2, -0.15) is 22.8 Å². The molecule has 0 heterocycles. The van der Waals surface area contributed by atoms with Gasteiger partial charge in [-0.3, -0.25) is 0 Å². The minimum atomic E-state index is -3.48. The Morgan fingerprint density at radius 2 is 1.65 bits per heavy atom. The van der Waals surface area contributed by atoms with Crippen LogP contribution < -0.4 is 0 Å². The number of hydrogen-bond donors (Lipinski definition) is 0. The molecule has 31 heavy (non-hydrogen) atoms. The Morgan fingerprint density at radius 3 is 2.29 bits per heavy atom. The number of alkyl halides is 4. The number of benzene rings is 2. The average molecular weight is 448 g/mol. The Labute approximate surface area is 182 Å². The predicted octanol–water partition coefficient (Wildman–Crippen LogP) is 7.50. The Kier molecular flexibility index (Phi) is 8.29. The van der Waals surface area contributed by atoms with E-state index in [0.717, 1.165) is 6.08 Å². The van der Waals surface area contributed by atoms with Crippen LogP contribution >= 0.6 is 11.6 Å². The summed E-state index contributed by atoms with van der Waals surface area (Å²) < 4.78 is 56.3. The van der Waals surface area contributed by atoms with Crippen LogP contribution in [0.25, 0.3) is 6.08 Å². The second kappa shape index (κ2) is 10.7. The van der Waals surface area contributed by atoms with E-state index >= 15 is 0 Å². The highest BCUT2D eigenvalue weighted by atomic mass is 35.5. The Hall–Kier alpha value is -3.24. The highest BCUT2D eigenvalue weighted by Gasteiger charge is 2.35. The van der Waals surface area contributed by atoms with E-state index in [2.05, 4.69) is 16.6 Å². The van der Waals surface area contributed by atoms with Gasteiger partial charge in [0.05, 0.1) is 11.4 Å². The highest BCUT2D eigenvalue weighted by molar-refractivity contribution is 6.67. The van der Waals surface area contributed by atoms with Crippen LogP contribution in [0.1, 0.15) is 18.4 Å². The number of hydrogen-bond acceptors (Lipinski definition) is 3. The summed E-state index contributed by atoms with van der Waals surface area (Å²) in [6.07, 6.45) is 2.16. The van der Waals surface area contributed by atoms with E-state index in [1.165, 1.54) is 48.6 Å². The summed E-state index contributed by atoms with van der Waals surface area (Å²) in [6.45, 7) is 3.25. The third kappa shape index (κ3) is 7.19. The summed E-state index contributed by atoms with van der Waals surface area (Å²) in [6, 6.07) is 15.4. The topological polar surface area (TPSA) is 48.5 Å². The fraction of sp³-hybridized carbons (Fsp3) is 0.174. The lowest BCUT2D eigenvalue weighted by atomic mass is 10.1. The number of allylic oxidation sites excluding steroid dienone is 2. The van der Waals surface area contributed by atoms with Gasteiger partial charge in [0.2, 0.25) is 0 Å². The summed E-state index contributed by atoms with van der Waals surface area (Å²) in [5.41, 5.74) is -0.0607. The van der Waals surface area contributed by atoms with E-state index in [9.17, 15) is 17.6 Å². The number of nitriles is 1. The molecule has 0 bridgehead atoms. The van der Waals surface area contributed by atoms with E-state index in [4.69, 9.17) is 16.9 Å². The van der Waals surface area contributed by atoms with Crippen LogP contribution in [-0.4, -0.2) is 22.7 Å². The van der Waals surface area contributed by atoms with E-state index < -0.39 is 35.6 Å². The lowest BCUT2D eigenvalue weighted by Gasteiger charge is -2.12. The molecule has 0 saturated heterocycles. The third-order valence-electron chi connectivity index (χ3n) is 3.93. The maximum absolute atomic E-state index is 14.4. The molecule has 8 heteroatoms. The standard InChI is InChI=1S/C23H18ClF4N3/c1-2-13-23(27,28)21(24)31-19-12-6-8-17(15-19)9-7-14-22(25,26)20(16-29)30-18-10-4-3-5-11-18/h2-12,15H,1,13-14H2/b9-7+,30-20?,31-21?. The molecule has 160 valence electrons. The Morgan fingerprint density at radius 1 is 0.968 bits per heavy atom. The molecule has 0 unspecified atom stereocenters. The minimum Gasteiger partial charge on any atom is -0.236 e. The van der Waals surface area contributed by atoms with Crippen molar-refractivity contribution in [1.82, 2.24) is 0 Å². The van der Waals surface area contributed by atoms with Crippen LogP contribution in [0.4, 0.5) is 28.9 Å². The van der Waals surface area contributed by atoms with Crippen molar-refractivity contribution < 1.29 is 17.6 Å². The van der Waals surface area contributed by atoms with Gasteiger partial charge in [0.15, 0.2) is 10.9 Å². The lowest BCUT2D eigenvalue weighted by molar-refractivity contribution is 0.0833. The van der Waals surface area contributed by atoms with Crippen molar-refractivity contribution >= 4 is 39.9 Å². The molecular weight excluding hydrogens is 430 g/mol. The zero-order chi connectivity index (χ0) is 22.9. The lowest BCUT2D eigenvalue weighted by Crippen LogP contribution is -2.26. The van der Waals surface area contributed by atoms with Gasteiger partial charge in [-0.15, -0.1) is 6.58 Å². The van der Waals surface area contributed by atoms with E-state index in [1.54, 1.807) is 24.3 Å². The van der Waals surface area contributed by atoms with Gasteiger partial charge < -0.3 is 0 Å². The summed E-state index contributed by atoms with van der Waals surface area (Å²) in [4.78, 5) is 7.42. The normalized spacial score (nSPS) is 13.3. The van der Waals surface area contributed by atoms with Crippen molar-refractivity contribution in [3.63, 3.8) is 0 Å². The zero-order valence-corrected chi connectivity index (χ0v) is 17.0. The molecular formula is C23H18ClF4N3. The molecule has 0 atom stereocenters. The molecule has 2 rings (SSSR count). The fourth-order valence-electron chi connectivity index (χ4n) is 2.42. The van der Waals surface area contributed by atoms with E-state index in [-0.39, 0.29) is 11.4 Å². The third-order valence-corrected chi connectivity index (χ3v) is 4.29. The fourth-order valence-corrected chi connectivity index (χ4v) is 2.59. The summed E-state index contributed by atoms with van der Waals surface area (Å²) in [5, 5.41) is 8.19. The molecule has 0 fully saturated rings. The molecule has 0 amide bonds. The first-order chi connectivity index (χ1) is 14.7. The summed E-state index contributed by atoms with van der Waals surface area (Å²) >= 11 is 5.61. The molecule has 0 spiro atoms. The maximum Gasteiger partial charge on any atom is 0.303 e. The Bertz CT molecular complexity index is 1040. The SMILES string of the molecule is C=CCC(F)(F)C(Cl)=Nc1cccc(/C=C/CC(F)(F)C(C#N)=Nc2ccccc2)c1. The van der Waals surface area contributed by atoms with Gasteiger partial charge in [-0.1, -0.05) is 60.2 Å². The van der Waals surface area contributed by atoms with E-state index in [1.807, 2.05) is 0 Å². The molecule has 0 saturated carbocycles. The monoisotopic (exact) mass is 447 g/mol. The van der Waals surface area contributed by atoms with Gasteiger partial charge in [0.25, 0.3) is 0 Å². The number of halogens is 5. The number of rotatable bonds is 9. The maximum atomic E-state index is 14.4. The highest BCUT2D eigenvalue weighted by Crippen LogP contribution is 2.28. The predicted molar refractivity (Wildman–Crippen MR) is 117 cm³/mol. The zero-order valence-electron chi connectivity index (χ0n) is 16.3. The van der Waals surface area contributed by atoms with Crippen LogP contribution in [0.2, 0.25) is 0 Å². The van der Waals surface area contributed by atoms with Gasteiger partial charge in [0.1, 0.15) is 6.07 Å². The van der Waals surface area contributed by atoms with Crippen LogP contribution in [0.15, 0.2) is 83.3 Å². The van der Waals surface area contributed by atoms with Crippen LogP contribution in [0, 0.1) is 11.3 Å². The molecule has 3 nitrogen and oxygen atoms in total. The quantitative estimate of drug-likeness (QED) is 0.223. The number of aliphatic imine (C=N–C) groups is 2. The van der Waals surface area contributed by atoms with Crippen LogP contribution in [0.3, 0.4) is 0 Å².